The van der Waals surface area contributed by atoms with E-state index in [1.807, 2.05) is 12.1 Å². The first-order chi connectivity index (χ1) is 12.1. The van der Waals surface area contributed by atoms with E-state index in [0.29, 0.717) is 29.5 Å². The average molecular weight is 345 g/mol. The van der Waals surface area contributed by atoms with Crippen LogP contribution in [0.2, 0.25) is 0 Å². The third-order valence-electron chi connectivity index (χ3n) is 3.66. The highest BCUT2D eigenvalue weighted by Crippen LogP contribution is 2.39. The Balaban J connectivity index is 2.04. The lowest BCUT2D eigenvalue weighted by Gasteiger charge is -2.17. The number of benzene rings is 1. The number of nitrogens with one attached hydrogen (secondary N) is 2. The highest BCUT2D eigenvalue weighted by Gasteiger charge is 2.17. The van der Waals surface area contributed by atoms with Crippen molar-refractivity contribution < 1.29 is 19.0 Å². The summed E-state index contributed by atoms with van der Waals surface area (Å²) in [4.78, 5) is 16.4. The summed E-state index contributed by atoms with van der Waals surface area (Å²) in [6.45, 7) is 2.35. The fraction of sp³-hybridized carbons (Fsp3) is 0.333. The summed E-state index contributed by atoms with van der Waals surface area (Å²) in [6.07, 6.45) is 3.47. The van der Waals surface area contributed by atoms with Crippen LogP contribution in [0, 0.1) is 0 Å². The van der Waals surface area contributed by atoms with Crippen molar-refractivity contribution in [3.8, 4) is 17.2 Å². The Hall–Kier alpha value is -2.80. The summed E-state index contributed by atoms with van der Waals surface area (Å²) in [5, 5.41) is 6.01. The summed E-state index contributed by atoms with van der Waals surface area (Å²) in [6, 6.07) is 6.79. The van der Waals surface area contributed by atoms with Crippen LogP contribution in [-0.2, 0) is 11.3 Å². The van der Waals surface area contributed by atoms with Gasteiger partial charge in [0.2, 0.25) is 11.7 Å². The van der Waals surface area contributed by atoms with Crippen LogP contribution < -0.4 is 24.8 Å². The largest absolute Gasteiger partial charge is 0.493 e. The Labute approximate surface area is 147 Å². The number of nitrogens with zero attached hydrogens (tertiary/aromatic N) is 1. The maximum absolute atomic E-state index is 12.4. The molecule has 1 aromatic carbocycles. The van der Waals surface area contributed by atoms with Gasteiger partial charge in [0, 0.05) is 36.8 Å². The summed E-state index contributed by atoms with van der Waals surface area (Å²) >= 11 is 0. The Morgan fingerprint density at radius 3 is 2.36 bits per heavy atom. The fourth-order valence-electron chi connectivity index (χ4n) is 2.27. The predicted octanol–water partition coefficient (Wildman–Crippen LogP) is 2.22. The van der Waals surface area contributed by atoms with Crippen molar-refractivity contribution >= 4 is 11.6 Å². The summed E-state index contributed by atoms with van der Waals surface area (Å²) in [5.41, 5.74) is 1.57. The molecule has 0 bridgehead atoms. The number of anilines is 1. The molecule has 1 heterocycles. The molecule has 0 radical (unpaired) electrons. The number of hydrogen-bond donors (Lipinski definition) is 2. The molecule has 0 aliphatic rings. The van der Waals surface area contributed by atoms with E-state index >= 15 is 0 Å². The van der Waals surface area contributed by atoms with Crippen molar-refractivity contribution in [2.24, 2.45) is 0 Å². The Kier molecular flexibility index (Phi) is 6.59. The summed E-state index contributed by atoms with van der Waals surface area (Å²) in [7, 11) is 4.59. The van der Waals surface area contributed by atoms with Gasteiger partial charge in [-0.1, -0.05) is 6.07 Å². The monoisotopic (exact) mass is 345 g/mol. The normalized spacial score (nSPS) is 11.5. The van der Waals surface area contributed by atoms with Gasteiger partial charge in [-0.15, -0.1) is 0 Å². The van der Waals surface area contributed by atoms with Crippen molar-refractivity contribution in [1.29, 1.82) is 0 Å². The van der Waals surface area contributed by atoms with Crippen molar-refractivity contribution in [3.05, 3.63) is 42.2 Å². The zero-order chi connectivity index (χ0) is 18.2. The number of rotatable bonds is 8. The van der Waals surface area contributed by atoms with E-state index in [-0.39, 0.29) is 11.9 Å². The second kappa shape index (κ2) is 8.89. The van der Waals surface area contributed by atoms with Gasteiger partial charge in [0.25, 0.3) is 0 Å². The molecule has 2 N–H and O–H groups in total. The van der Waals surface area contributed by atoms with Gasteiger partial charge in [-0.2, -0.15) is 0 Å². The van der Waals surface area contributed by atoms with Gasteiger partial charge in [-0.3, -0.25) is 9.78 Å². The molecule has 1 atom stereocenters. The van der Waals surface area contributed by atoms with Crippen molar-refractivity contribution in [1.82, 2.24) is 10.3 Å². The minimum atomic E-state index is -0.390. The first kappa shape index (κ1) is 18.5. The Morgan fingerprint density at radius 2 is 1.84 bits per heavy atom. The van der Waals surface area contributed by atoms with Gasteiger partial charge >= 0.3 is 0 Å². The van der Waals surface area contributed by atoms with E-state index < -0.39 is 0 Å². The standard InChI is InChI=1S/C18H23N3O4/c1-12(20-11-13-6-5-7-19-10-13)18(22)21-14-8-15(23-2)17(25-4)16(9-14)24-3/h5-10,12,20H,11H2,1-4H3,(H,21,22). The topological polar surface area (TPSA) is 81.7 Å². The number of aromatic nitrogens is 1. The molecule has 134 valence electrons. The molecule has 7 heteroatoms. The quantitative estimate of drug-likeness (QED) is 0.763. The van der Waals surface area contributed by atoms with E-state index in [9.17, 15) is 4.79 Å². The van der Waals surface area contributed by atoms with Gasteiger partial charge in [-0.05, 0) is 18.6 Å². The second-order valence-corrected chi connectivity index (χ2v) is 5.37. The molecule has 2 aromatic rings. The molecule has 7 nitrogen and oxygen atoms in total. The molecule has 0 saturated carbocycles. The summed E-state index contributed by atoms with van der Waals surface area (Å²) in [5.74, 6) is 1.27. The molecule has 1 aromatic heterocycles. The number of carbonyl (C=O) groups is 1. The van der Waals surface area contributed by atoms with E-state index in [2.05, 4.69) is 15.6 Å². The number of hydrogen-bond acceptors (Lipinski definition) is 6. The molecular formula is C18H23N3O4. The van der Waals surface area contributed by atoms with Crippen molar-refractivity contribution in [2.75, 3.05) is 26.6 Å². The van der Waals surface area contributed by atoms with Crippen LogP contribution in [0.3, 0.4) is 0 Å². The van der Waals surface area contributed by atoms with Crippen LogP contribution in [0.15, 0.2) is 36.7 Å². The second-order valence-electron chi connectivity index (χ2n) is 5.37. The maximum Gasteiger partial charge on any atom is 0.241 e. The number of ether oxygens (including phenoxy) is 3. The lowest BCUT2D eigenvalue weighted by Crippen LogP contribution is -2.37. The van der Waals surface area contributed by atoms with Crippen LogP contribution in [-0.4, -0.2) is 38.3 Å². The first-order valence-corrected chi connectivity index (χ1v) is 7.82. The average Bonchev–Trinajstić information content (AvgIpc) is 2.65. The summed E-state index contributed by atoms with van der Waals surface area (Å²) < 4.78 is 15.8. The highest BCUT2D eigenvalue weighted by atomic mass is 16.5. The smallest absolute Gasteiger partial charge is 0.241 e. The molecule has 0 aliphatic heterocycles. The van der Waals surface area contributed by atoms with Crippen molar-refractivity contribution in [2.45, 2.75) is 19.5 Å². The minimum absolute atomic E-state index is 0.168. The molecule has 2 rings (SSSR count). The molecule has 1 unspecified atom stereocenters. The number of carbonyl (C=O) groups excluding carboxylic acids is 1. The number of methoxy groups -OCH3 is 3. The van der Waals surface area contributed by atoms with E-state index in [1.54, 1.807) is 31.5 Å². The molecule has 25 heavy (non-hydrogen) atoms. The molecule has 1 amide bonds. The SMILES string of the molecule is COc1cc(NC(=O)C(C)NCc2cccnc2)cc(OC)c1OC. The van der Waals surface area contributed by atoms with Crippen LogP contribution in [0.4, 0.5) is 5.69 Å². The van der Waals surface area contributed by atoms with Gasteiger partial charge in [-0.25, -0.2) is 0 Å². The lowest BCUT2D eigenvalue weighted by atomic mass is 10.2. The third-order valence-corrected chi connectivity index (χ3v) is 3.66. The number of pyridine rings is 1. The van der Waals surface area contributed by atoms with Crippen LogP contribution in [0.25, 0.3) is 0 Å². The third kappa shape index (κ3) is 4.84. The Morgan fingerprint density at radius 1 is 1.16 bits per heavy atom. The molecule has 0 aliphatic carbocycles. The zero-order valence-electron chi connectivity index (χ0n) is 14.8. The van der Waals surface area contributed by atoms with Gasteiger partial charge in [0.1, 0.15) is 0 Å². The maximum atomic E-state index is 12.4. The molecular weight excluding hydrogens is 322 g/mol. The van der Waals surface area contributed by atoms with Gasteiger partial charge < -0.3 is 24.8 Å². The van der Waals surface area contributed by atoms with E-state index in [1.165, 1.54) is 21.3 Å². The van der Waals surface area contributed by atoms with Crippen LogP contribution >= 0.6 is 0 Å². The van der Waals surface area contributed by atoms with Gasteiger partial charge in [0.05, 0.1) is 27.4 Å². The van der Waals surface area contributed by atoms with Gasteiger partial charge in [0.15, 0.2) is 11.5 Å². The van der Waals surface area contributed by atoms with Crippen molar-refractivity contribution in [3.63, 3.8) is 0 Å². The Bertz CT molecular complexity index is 682. The zero-order valence-corrected chi connectivity index (χ0v) is 14.8. The first-order valence-electron chi connectivity index (χ1n) is 7.82. The fourth-order valence-corrected chi connectivity index (χ4v) is 2.27. The predicted molar refractivity (Wildman–Crippen MR) is 95.3 cm³/mol. The number of amides is 1. The highest BCUT2D eigenvalue weighted by molar-refractivity contribution is 5.95. The molecule has 0 saturated heterocycles. The van der Waals surface area contributed by atoms with Crippen LogP contribution in [0.5, 0.6) is 17.2 Å². The van der Waals surface area contributed by atoms with E-state index in [4.69, 9.17) is 14.2 Å². The lowest BCUT2D eigenvalue weighted by molar-refractivity contribution is -0.117. The molecule has 0 spiro atoms. The molecule has 0 fully saturated rings. The van der Waals surface area contributed by atoms with E-state index in [0.717, 1.165) is 5.56 Å². The minimum Gasteiger partial charge on any atom is -0.493 e. The van der Waals surface area contributed by atoms with Crippen LogP contribution in [0.1, 0.15) is 12.5 Å².